The number of nitrogens with one attached hydrogen (secondary N) is 1. The maximum absolute atomic E-state index is 11.5. The van der Waals surface area contributed by atoms with Crippen LogP contribution in [0.3, 0.4) is 0 Å². The fourth-order valence-electron chi connectivity index (χ4n) is 1.85. The number of nitrogens with two attached hydrogens (primary N) is 1. The fourth-order valence-corrected chi connectivity index (χ4v) is 1.85. The first-order valence-corrected chi connectivity index (χ1v) is 6.02. The summed E-state index contributed by atoms with van der Waals surface area (Å²) < 4.78 is 0. The van der Waals surface area contributed by atoms with E-state index in [1.165, 1.54) is 12.8 Å². The summed E-state index contributed by atoms with van der Waals surface area (Å²) >= 11 is 0. The van der Waals surface area contributed by atoms with Crippen molar-refractivity contribution >= 4 is 5.91 Å². The zero-order valence-corrected chi connectivity index (χ0v) is 10.2. The first-order chi connectivity index (χ1) is 7.00. The second-order valence-corrected chi connectivity index (χ2v) is 5.17. The summed E-state index contributed by atoms with van der Waals surface area (Å²) in [6, 6.07) is 0.0132. The van der Waals surface area contributed by atoms with Crippen LogP contribution >= 0.6 is 0 Å². The number of carbonyl (C=O) groups is 1. The van der Waals surface area contributed by atoms with E-state index in [-0.39, 0.29) is 11.9 Å². The van der Waals surface area contributed by atoms with Crippen LogP contribution in [-0.4, -0.2) is 18.5 Å². The van der Waals surface area contributed by atoms with Gasteiger partial charge in [0.2, 0.25) is 5.91 Å². The molecule has 3 nitrogen and oxygen atoms in total. The predicted octanol–water partition coefficient (Wildman–Crippen LogP) is 1.67. The van der Waals surface area contributed by atoms with Crippen molar-refractivity contribution in [1.29, 1.82) is 0 Å². The van der Waals surface area contributed by atoms with Gasteiger partial charge in [-0.2, -0.15) is 0 Å². The Morgan fingerprint density at radius 1 is 1.47 bits per heavy atom. The molecule has 0 aromatic heterocycles. The standard InChI is InChI=1S/C12H24N2O/c1-4-10(13)7-11(15)14-8-12(5-6-12)9(2)3/h9-10H,4-8,13H2,1-3H3,(H,14,15). The van der Waals surface area contributed by atoms with Crippen molar-refractivity contribution in [3.05, 3.63) is 0 Å². The summed E-state index contributed by atoms with van der Waals surface area (Å²) in [7, 11) is 0. The Balaban J connectivity index is 2.23. The molecule has 88 valence electrons. The van der Waals surface area contributed by atoms with Crippen LogP contribution in [0.1, 0.15) is 46.5 Å². The Morgan fingerprint density at radius 2 is 2.07 bits per heavy atom. The number of hydrogen-bond donors (Lipinski definition) is 2. The predicted molar refractivity (Wildman–Crippen MR) is 62.4 cm³/mol. The first kappa shape index (κ1) is 12.5. The Morgan fingerprint density at radius 3 is 2.47 bits per heavy atom. The molecule has 1 amide bonds. The largest absolute Gasteiger partial charge is 0.355 e. The van der Waals surface area contributed by atoms with Crippen molar-refractivity contribution in [3.63, 3.8) is 0 Å². The van der Waals surface area contributed by atoms with E-state index in [1.54, 1.807) is 0 Å². The topological polar surface area (TPSA) is 55.1 Å². The van der Waals surface area contributed by atoms with Crippen molar-refractivity contribution in [2.45, 2.75) is 52.5 Å². The number of hydrogen-bond acceptors (Lipinski definition) is 2. The Bertz CT molecular complexity index is 222. The molecule has 0 spiro atoms. The third-order valence-electron chi connectivity index (χ3n) is 3.73. The summed E-state index contributed by atoms with van der Waals surface area (Å²) in [5, 5.41) is 3.01. The molecular weight excluding hydrogens is 188 g/mol. The summed E-state index contributed by atoms with van der Waals surface area (Å²) in [4.78, 5) is 11.5. The highest BCUT2D eigenvalue weighted by atomic mass is 16.1. The molecule has 1 saturated carbocycles. The highest BCUT2D eigenvalue weighted by Crippen LogP contribution is 2.51. The van der Waals surface area contributed by atoms with Crippen LogP contribution in [0, 0.1) is 11.3 Å². The molecule has 0 saturated heterocycles. The lowest BCUT2D eigenvalue weighted by molar-refractivity contribution is -0.121. The highest BCUT2D eigenvalue weighted by molar-refractivity contribution is 5.76. The summed E-state index contributed by atoms with van der Waals surface area (Å²) in [5.74, 6) is 0.772. The lowest BCUT2D eigenvalue weighted by Crippen LogP contribution is -2.36. The molecule has 0 heterocycles. The van der Waals surface area contributed by atoms with Crippen molar-refractivity contribution < 1.29 is 4.79 Å². The molecule has 0 aromatic carbocycles. The van der Waals surface area contributed by atoms with Gasteiger partial charge in [-0.05, 0) is 30.6 Å². The third-order valence-corrected chi connectivity index (χ3v) is 3.73. The zero-order valence-electron chi connectivity index (χ0n) is 10.2. The lowest BCUT2D eigenvalue weighted by Gasteiger charge is -2.20. The van der Waals surface area contributed by atoms with Crippen LogP contribution in [0.5, 0.6) is 0 Å². The average molecular weight is 212 g/mol. The number of amides is 1. The normalized spacial score (nSPS) is 20.1. The molecule has 0 bridgehead atoms. The molecule has 3 heteroatoms. The van der Waals surface area contributed by atoms with Crippen LogP contribution in [0.15, 0.2) is 0 Å². The molecule has 15 heavy (non-hydrogen) atoms. The molecule has 1 unspecified atom stereocenters. The van der Waals surface area contributed by atoms with Crippen LogP contribution in [-0.2, 0) is 4.79 Å². The molecule has 1 rings (SSSR count). The van der Waals surface area contributed by atoms with Gasteiger partial charge in [-0.15, -0.1) is 0 Å². The van der Waals surface area contributed by atoms with E-state index in [1.807, 2.05) is 6.92 Å². The second kappa shape index (κ2) is 4.97. The van der Waals surface area contributed by atoms with E-state index in [0.717, 1.165) is 13.0 Å². The maximum atomic E-state index is 11.5. The van der Waals surface area contributed by atoms with E-state index in [0.29, 0.717) is 17.8 Å². The van der Waals surface area contributed by atoms with Crippen molar-refractivity contribution in [2.75, 3.05) is 6.54 Å². The van der Waals surface area contributed by atoms with Gasteiger partial charge < -0.3 is 11.1 Å². The SMILES string of the molecule is CCC(N)CC(=O)NCC1(C(C)C)CC1. The minimum absolute atomic E-state index is 0.0132. The molecule has 1 atom stereocenters. The third kappa shape index (κ3) is 3.49. The van der Waals surface area contributed by atoms with Crippen LogP contribution < -0.4 is 11.1 Å². The molecule has 1 aliphatic carbocycles. The van der Waals surface area contributed by atoms with Gasteiger partial charge in [0, 0.05) is 19.0 Å². The van der Waals surface area contributed by atoms with E-state index in [9.17, 15) is 4.79 Å². The average Bonchev–Trinajstić information content (AvgIpc) is 2.95. The summed E-state index contributed by atoms with van der Waals surface area (Å²) in [6.45, 7) is 7.31. The van der Waals surface area contributed by atoms with Gasteiger partial charge in [0.25, 0.3) is 0 Å². The molecule has 3 N–H and O–H groups in total. The Hall–Kier alpha value is -0.570. The summed E-state index contributed by atoms with van der Waals surface area (Å²) in [5.41, 5.74) is 6.12. The van der Waals surface area contributed by atoms with E-state index in [2.05, 4.69) is 19.2 Å². The van der Waals surface area contributed by atoms with Gasteiger partial charge in [0.15, 0.2) is 0 Å². The van der Waals surface area contributed by atoms with Gasteiger partial charge in [0.05, 0.1) is 0 Å². The van der Waals surface area contributed by atoms with Gasteiger partial charge in [-0.3, -0.25) is 4.79 Å². The minimum Gasteiger partial charge on any atom is -0.355 e. The molecular formula is C12H24N2O. The Labute approximate surface area is 92.8 Å². The van der Waals surface area contributed by atoms with Gasteiger partial charge >= 0.3 is 0 Å². The fraction of sp³-hybridized carbons (Fsp3) is 0.917. The van der Waals surface area contributed by atoms with Crippen LogP contribution in [0.4, 0.5) is 0 Å². The van der Waals surface area contributed by atoms with Gasteiger partial charge in [-0.1, -0.05) is 20.8 Å². The van der Waals surface area contributed by atoms with Crippen molar-refractivity contribution in [1.82, 2.24) is 5.32 Å². The van der Waals surface area contributed by atoms with Crippen molar-refractivity contribution in [2.24, 2.45) is 17.1 Å². The monoisotopic (exact) mass is 212 g/mol. The number of rotatable bonds is 6. The van der Waals surface area contributed by atoms with E-state index in [4.69, 9.17) is 5.73 Å². The van der Waals surface area contributed by atoms with Gasteiger partial charge in [-0.25, -0.2) is 0 Å². The Kier molecular flexibility index (Phi) is 4.14. The highest BCUT2D eigenvalue weighted by Gasteiger charge is 2.45. The minimum atomic E-state index is 0.0132. The molecule has 1 fully saturated rings. The van der Waals surface area contributed by atoms with Gasteiger partial charge in [0.1, 0.15) is 0 Å². The second-order valence-electron chi connectivity index (χ2n) is 5.17. The zero-order chi connectivity index (χ0) is 11.5. The summed E-state index contributed by atoms with van der Waals surface area (Å²) in [6.07, 6.45) is 3.84. The molecule has 0 aromatic rings. The number of carbonyl (C=O) groups excluding carboxylic acids is 1. The van der Waals surface area contributed by atoms with Crippen LogP contribution in [0.25, 0.3) is 0 Å². The van der Waals surface area contributed by atoms with Crippen molar-refractivity contribution in [3.8, 4) is 0 Å². The maximum Gasteiger partial charge on any atom is 0.221 e. The van der Waals surface area contributed by atoms with Crippen LogP contribution in [0.2, 0.25) is 0 Å². The van der Waals surface area contributed by atoms with E-state index < -0.39 is 0 Å². The molecule has 0 aliphatic heterocycles. The van der Waals surface area contributed by atoms with E-state index >= 15 is 0 Å². The lowest BCUT2D eigenvalue weighted by atomic mass is 9.92. The smallest absolute Gasteiger partial charge is 0.221 e. The molecule has 0 radical (unpaired) electrons. The quantitative estimate of drug-likeness (QED) is 0.703. The first-order valence-electron chi connectivity index (χ1n) is 6.02. The molecule has 1 aliphatic rings.